The molecule has 0 unspecified atom stereocenters. The summed E-state index contributed by atoms with van der Waals surface area (Å²) in [5, 5.41) is 4.52. The van der Waals surface area contributed by atoms with Crippen molar-refractivity contribution in [1.29, 1.82) is 0 Å². The number of benzene rings is 2. The third-order valence-electron chi connectivity index (χ3n) is 8.45. The van der Waals surface area contributed by atoms with Crippen LogP contribution in [0.2, 0.25) is 10.0 Å². The van der Waals surface area contributed by atoms with Gasteiger partial charge in [0, 0.05) is 22.9 Å². The van der Waals surface area contributed by atoms with E-state index in [-0.39, 0.29) is 47.4 Å². The van der Waals surface area contributed by atoms with Crippen LogP contribution < -0.4 is 0 Å². The number of aromatic nitrogens is 6. The Hall–Kier alpha value is -3.22. The van der Waals surface area contributed by atoms with Crippen molar-refractivity contribution >= 4 is 42.9 Å². The molecule has 48 heavy (non-hydrogen) atoms. The molecule has 2 fully saturated rings. The zero-order valence-corrected chi connectivity index (χ0v) is 27.2. The van der Waals surface area contributed by atoms with E-state index in [2.05, 4.69) is 20.2 Å². The molecule has 256 valence electrons. The Morgan fingerprint density at radius 1 is 0.604 bits per heavy atom. The molecule has 0 bridgehead atoms. The van der Waals surface area contributed by atoms with Gasteiger partial charge >= 0.3 is 0 Å². The summed E-state index contributed by atoms with van der Waals surface area (Å²) in [6, 6.07) is 6.08. The largest absolute Gasteiger partial charge is 0.267 e. The van der Waals surface area contributed by atoms with Crippen molar-refractivity contribution in [2.24, 2.45) is 0 Å². The maximum absolute atomic E-state index is 14.2. The van der Waals surface area contributed by atoms with Gasteiger partial charge in [-0.1, -0.05) is 23.2 Å². The molecule has 20 heteroatoms. The predicted molar refractivity (Wildman–Crippen MR) is 157 cm³/mol. The zero-order valence-electron chi connectivity index (χ0n) is 24.1. The average molecular weight is 756 g/mol. The van der Waals surface area contributed by atoms with Crippen molar-refractivity contribution in [2.75, 3.05) is 0 Å². The predicted octanol–water partition coefficient (Wildman–Crippen LogP) is 5.92. The second-order valence-electron chi connectivity index (χ2n) is 11.9. The minimum atomic E-state index is -4.02. The highest BCUT2D eigenvalue weighted by Gasteiger charge is 2.52. The number of rotatable bonds is 6. The smallest absolute Gasteiger partial charge is 0.246 e. The van der Waals surface area contributed by atoms with E-state index >= 15 is 0 Å². The second-order valence-corrected chi connectivity index (χ2v) is 16.9. The summed E-state index contributed by atoms with van der Waals surface area (Å²) in [6.45, 7) is 0. The Bertz CT molecular complexity index is 1980. The van der Waals surface area contributed by atoms with Gasteiger partial charge < -0.3 is 0 Å². The minimum absolute atomic E-state index is 0.0510. The van der Waals surface area contributed by atoms with E-state index in [4.69, 9.17) is 23.2 Å². The van der Waals surface area contributed by atoms with Crippen LogP contribution in [0, 0.1) is 11.6 Å². The Kier molecular flexibility index (Phi) is 8.11. The summed E-state index contributed by atoms with van der Waals surface area (Å²) < 4.78 is 133. The molecule has 0 amide bonds. The standard InChI is InChI=1S/2C14H11ClF3N3O2S/c2*15-7-1-6(2-8(16)3-7)11-4-10(18)13-19-14(20-21(11)13)24(22,23)12-5-9(12)17/h2*1-3,9-12H,4-5H2/t9-,10+,11+,12-;9-,10-,11-,12-/m10/s1. The van der Waals surface area contributed by atoms with E-state index in [1.165, 1.54) is 24.3 Å². The molecule has 0 radical (unpaired) electrons. The lowest BCUT2D eigenvalue weighted by Gasteiger charge is -2.12. The number of alkyl halides is 4. The number of nitrogens with zero attached hydrogens (tertiary/aromatic N) is 6. The molecule has 4 aliphatic rings. The van der Waals surface area contributed by atoms with Crippen molar-refractivity contribution in [3.63, 3.8) is 0 Å². The summed E-state index contributed by atoms with van der Waals surface area (Å²) in [7, 11) is -8.05. The van der Waals surface area contributed by atoms with Gasteiger partial charge in [-0.25, -0.2) is 52.5 Å². The molecule has 2 aliphatic heterocycles. The molecule has 0 saturated heterocycles. The third kappa shape index (κ3) is 5.87. The van der Waals surface area contributed by atoms with Crippen LogP contribution in [0.1, 0.15) is 72.9 Å². The van der Waals surface area contributed by atoms with Crippen LogP contribution >= 0.6 is 23.2 Å². The van der Waals surface area contributed by atoms with Gasteiger partial charge in [0.2, 0.25) is 19.7 Å². The molecule has 0 N–H and O–H groups in total. The maximum atomic E-state index is 14.2. The molecule has 4 aromatic rings. The summed E-state index contributed by atoms with van der Waals surface area (Å²) in [5.41, 5.74) is 0.732. The molecule has 8 atom stereocenters. The van der Waals surface area contributed by atoms with E-state index in [0.717, 1.165) is 21.5 Å². The molecule has 2 aliphatic carbocycles. The van der Waals surface area contributed by atoms with Crippen LogP contribution in [0.25, 0.3) is 0 Å². The highest BCUT2D eigenvalue weighted by Crippen LogP contribution is 2.44. The van der Waals surface area contributed by atoms with Crippen LogP contribution in [0.3, 0.4) is 0 Å². The lowest BCUT2D eigenvalue weighted by atomic mass is 10.0. The highest BCUT2D eigenvalue weighted by molar-refractivity contribution is 7.92. The maximum Gasteiger partial charge on any atom is 0.267 e. The first-order chi connectivity index (χ1) is 22.5. The normalized spacial score (nSPS) is 28.8. The molecular weight excluding hydrogens is 733 g/mol. The topological polar surface area (TPSA) is 130 Å². The van der Waals surface area contributed by atoms with E-state index in [1.807, 2.05) is 0 Å². The van der Waals surface area contributed by atoms with Gasteiger partial charge in [-0.05, 0) is 60.4 Å². The molecule has 2 saturated carbocycles. The SMILES string of the molecule is O=S(=O)(c1nc2n(n1)[C@H](c1cc(F)cc(Cl)c1)C[C@@H]2F)[C@@H]1C[C@H]1F.O=S(=O)(c1nc2n(n1)[C@H](c1cc(F)cc(Cl)c1)C[C@@H]2F)[C@H]1C[C@@H]1F. The Morgan fingerprint density at radius 2 is 0.958 bits per heavy atom. The first kappa shape index (κ1) is 33.3. The summed E-state index contributed by atoms with van der Waals surface area (Å²) in [5.74, 6) is -1.50. The van der Waals surface area contributed by atoms with Crippen molar-refractivity contribution < 1.29 is 43.2 Å². The Morgan fingerprint density at radius 3 is 1.27 bits per heavy atom. The number of fused-ring (bicyclic) bond motifs is 2. The summed E-state index contributed by atoms with van der Waals surface area (Å²) in [6.07, 6.45) is -6.28. The van der Waals surface area contributed by atoms with Gasteiger partial charge in [-0.15, -0.1) is 10.2 Å². The third-order valence-corrected chi connectivity index (χ3v) is 12.8. The van der Waals surface area contributed by atoms with E-state index in [1.54, 1.807) is 0 Å². The summed E-state index contributed by atoms with van der Waals surface area (Å²) in [4.78, 5) is 7.51. The van der Waals surface area contributed by atoms with E-state index in [9.17, 15) is 43.2 Å². The average Bonchev–Trinajstić information content (AvgIpc) is 3.65. The lowest BCUT2D eigenvalue weighted by molar-refractivity contribution is 0.326. The second kappa shape index (κ2) is 11.7. The van der Waals surface area contributed by atoms with Crippen molar-refractivity contribution in [3.05, 3.63) is 80.9 Å². The summed E-state index contributed by atoms with van der Waals surface area (Å²) >= 11 is 11.6. The highest BCUT2D eigenvalue weighted by atomic mass is 35.5. The van der Waals surface area contributed by atoms with Crippen molar-refractivity contribution in [1.82, 2.24) is 29.5 Å². The Balaban J connectivity index is 0.000000152. The van der Waals surface area contributed by atoms with Crippen LogP contribution in [-0.4, -0.2) is 69.2 Å². The zero-order chi connectivity index (χ0) is 34.4. The van der Waals surface area contributed by atoms with Crippen molar-refractivity contribution in [2.45, 2.75) is 83.3 Å². The number of hydrogen-bond donors (Lipinski definition) is 0. The van der Waals surface area contributed by atoms with Gasteiger partial charge in [0.05, 0.1) is 12.1 Å². The molecule has 4 heterocycles. The number of halogens is 8. The molecule has 2 aromatic carbocycles. The fourth-order valence-corrected chi connectivity index (χ4v) is 9.35. The Labute approximate surface area is 278 Å². The van der Waals surface area contributed by atoms with E-state index < -0.39 is 88.9 Å². The van der Waals surface area contributed by atoms with Crippen LogP contribution in [0.15, 0.2) is 46.7 Å². The van der Waals surface area contributed by atoms with Crippen LogP contribution in [0.4, 0.5) is 26.3 Å². The first-order valence-corrected chi connectivity index (χ1v) is 18.3. The molecule has 10 nitrogen and oxygen atoms in total. The molecule has 2 aromatic heterocycles. The first-order valence-electron chi connectivity index (χ1n) is 14.4. The van der Waals surface area contributed by atoms with Gasteiger partial charge in [0.15, 0.2) is 24.0 Å². The van der Waals surface area contributed by atoms with Crippen molar-refractivity contribution in [3.8, 4) is 0 Å². The number of hydrogen-bond acceptors (Lipinski definition) is 8. The number of sulfone groups is 2. The lowest BCUT2D eigenvalue weighted by Crippen LogP contribution is -2.14. The van der Waals surface area contributed by atoms with Gasteiger partial charge in [0.1, 0.15) is 34.5 Å². The fraction of sp³-hybridized carbons (Fsp3) is 0.429. The van der Waals surface area contributed by atoms with Gasteiger partial charge in [-0.3, -0.25) is 0 Å². The van der Waals surface area contributed by atoms with Gasteiger partial charge in [-0.2, -0.15) is 9.97 Å². The minimum Gasteiger partial charge on any atom is -0.246 e. The quantitative estimate of drug-likeness (QED) is 0.222. The monoisotopic (exact) mass is 754 g/mol. The van der Waals surface area contributed by atoms with Gasteiger partial charge in [0.25, 0.3) is 10.3 Å². The molecular formula is C28H22Cl2F6N6O4S2. The fourth-order valence-electron chi connectivity index (χ4n) is 5.85. The molecule has 8 rings (SSSR count). The van der Waals surface area contributed by atoms with Crippen LogP contribution in [-0.2, 0) is 19.7 Å². The van der Waals surface area contributed by atoms with E-state index in [0.29, 0.717) is 11.1 Å². The molecule has 0 spiro atoms. The van der Waals surface area contributed by atoms with Crippen LogP contribution in [0.5, 0.6) is 0 Å².